The van der Waals surface area contributed by atoms with Crippen molar-refractivity contribution in [3.63, 3.8) is 0 Å². The van der Waals surface area contributed by atoms with E-state index < -0.39 is 0 Å². The fourth-order valence-electron chi connectivity index (χ4n) is 2.20. The van der Waals surface area contributed by atoms with Gasteiger partial charge in [0.05, 0.1) is 13.2 Å². The van der Waals surface area contributed by atoms with Crippen LogP contribution in [0.1, 0.15) is 25.2 Å². The van der Waals surface area contributed by atoms with Crippen LogP contribution in [-0.2, 0) is 20.0 Å². The van der Waals surface area contributed by atoms with Crippen LogP contribution in [0, 0.1) is 5.92 Å². The molecule has 0 bridgehead atoms. The van der Waals surface area contributed by atoms with Crippen molar-refractivity contribution in [2.45, 2.75) is 26.8 Å². The molecule has 136 valence electrons. The lowest BCUT2D eigenvalue weighted by atomic mass is 10.1. The average molecular weight is 344 g/mol. The van der Waals surface area contributed by atoms with Crippen LogP contribution in [0.25, 0.3) is 0 Å². The number of aromatic nitrogens is 3. The van der Waals surface area contributed by atoms with Crippen LogP contribution < -0.4 is 15.4 Å². The Hall–Kier alpha value is -2.57. The Kier molecular flexibility index (Phi) is 7.25. The maximum Gasteiger partial charge on any atom is 0.191 e. The number of nitrogens with zero attached hydrogens (tertiary/aromatic N) is 4. The van der Waals surface area contributed by atoms with Crippen LogP contribution in [0.5, 0.6) is 5.75 Å². The zero-order valence-corrected chi connectivity index (χ0v) is 15.5. The predicted molar refractivity (Wildman–Crippen MR) is 99.7 cm³/mol. The molecular formula is C18H28N6O. The van der Waals surface area contributed by atoms with Gasteiger partial charge in [0.25, 0.3) is 0 Å². The Morgan fingerprint density at radius 2 is 2.00 bits per heavy atom. The molecule has 2 N–H and O–H groups in total. The van der Waals surface area contributed by atoms with Gasteiger partial charge in [0.2, 0.25) is 0 Å². The van der Waals surface area contributed by atoms with Gasteiger partial charge in [0.15, 0.2) is 5.96 Å². The summed E-state index contributed by atoms with van der Waals surface area (Å²) in [6.07, 6.45) is 2.46. The van der Waals surface area contributed by atoms with Gasteiger partial charge in [-0.25, -0.2) is 4.98 Å². The zero-order valence-electron chi connectivity index (χ0n) is 15.5. The fourth-order valence-corrected chi connectivity index (χ4v) is 2.20. The molecule has 0 aliphatic heterocycles. The van der Waals surface area contributed by atoms with E-state index in [0.29, 0.717) is 12.5 Å². The Balaban J connectivity index is 1.72. The second kappa shape index (κ2) is 9.66. The summed E-state index contributed by atoms with van der Waals surface area (Å²) >= 11 is 0. The summed E-state index contributed by atoms with van der Waals surface area (Å²) in [5.74, 6) is 3.07. The number of guanidine groups is 1. The molecule has 0 aliphatic rings. The number of ether oxygens (including phenoxy) is 1. The number of rotatable bonds is 8. The van der Waals surface area contributed by atoms with Crippen molar-refractivity contribution < 1.29 is 4.74 Å². The van der Waals surface area contributed by atoms with Crippen LogP contribution in [-0.4, -0.2) is 40.9 Å². The van der Waals surface area contributed by atoms with Gasteiger partial charge in [-0.2, -0.15) is 5.10 Å². The van der Waals surface area contributed by atoms with Gasteiger partial charge in [0, 0.05) is 20.6 Å². The highest BCUT2D eigenvalue weighted by Crippen LogP contribution is 2.13. The van der Waals surface area contributed by atoms with E-state index in [1.165, 1.54) is 5.56 Å². The van der Waals surface area contributed by atoms with Crippen LogP contribution in [0.15, 0.2) is 35.6 Å². The van der Waals surface area contributed by atoms with E-state index in [2.05, 4.69) is 51.7 Å². The number of aryl methyl sites for hydroxylation is 1. The van der Waals surface area contributed by atoms with Crippen molar-refractivity contribution >= 4 is 5.96 Å². The Morgan fingerprint density at radius 1 is 1.24 bits per heavy atom. The molecule has 0 fully saturated rings. The summed E-state index contributed by atoms with van der Waals surface area (Å²) in [6, 6.07) is 8.26. The van der Waals surface area contributed by atoms with E-state index in [1.807, 2.05) is 19.2 Å². The first-order chi connectivity index (χ1) is 12.1. The van der Waals surface area contributed by atoms with Gasteiger partial charge in [0.1, 0.15) is 17.9 Å². The third kappa shape index (κ3) is 6.45. The lowest BCUT2D eigenvalue weighted by Gasteiger charge is -2.12. The van der Waals surface area contributed by atoms with E-state index in [1.54, 1.807) is 18.1 Å². The second-order valence-electron chi connectivity index (χ2n) is 6.25. The maximum absolute atomic E-state index is 5.70. The van der Waals surface area contributed by atoms with Crippen LogP contribution >= 0.6 is 0 Å². The molecule has 0 saturated heterocycles. The standard InChI is InChI=1S/C18H28N6O/c1-14(2)12-25-16-7-5-15(6-8-16)9-10-20-18(19-3)21-11-17-22-13-23-24(17)4/h5-8,13-14H,9-12H2,1-4H3,(H2,19,20,21). The lowest BCUT2D eigenvalue weighted by molar-refractivity contribution is 0.271. The minimum atomic E-state index is 0.532. The number of aliphatic imine (C=N–C) groups is 1. The van der Waals surface area contributed by atoms with Gasteiger partial charge < -0.3 is 15.4 Å². The fraction of sp³-hybridized carbons (Fsp3) is 0.500. The number of hydrogen-bond acceptors (Lipinski definition) is 4. The third-order valence-corrected chi connectivity index (χ3v) is 3.66. The predicted octanol–water partition coefficient (Wildman–Crippen LogP) is 1.76. The molecule has 0 unspecified atom stereocenters. The highest BCUT2D eigenvalue weighted by Gasteiger charge is 2.03. The summed E-state index contributed by atoms with van der Waals surface area (Å²) in [7, 11) is 3.63. The van der Waals surface area contributed by atoms with Crippen molar-refractivity contribution in [1.82, 2.24) is 25.4 Å². The van der Waals surface area contributed by atoms with Crippen molar-refractivity contribution in [3.05, 3.63) is 42.0 Å². The molecule has 25 heavy (non-hydrogen) atoms. The molecule has 1 heterocycles. The van der Waals surface area contributed by atoms with Crippen molar-refractivity contribution in [2.24, 2.45) is 18.0 Å². The van der Waals surface area contributed by atoms with Gasteiger partial charge in [-0.05, 0) is 30.0 Å². The van der Waals surface area contributed by atoms with E-state index in [9.17, 15) is 0 Å². The van der Waals surface area contributed by atoms with Gasteiger partial charge in [-0.15, -0.1) is 0 Å². The van der Waals surface area contributed by atoms with E-state index in [0.717, 1.165) is 37.1 Å². The van der Waals surface area contributed by atoms with Crippen molar-refractivity contribution in [1.29, 1.82) is 0 Å². The lowest BCUT2D eigenvalue weighted by Crippen LogP contribution is -2.38. The summed E-state index contributed by atoms with van der Waals surface area (Å²) in [5.41, 5.74) is 1.26. The number of nitrogens with one attached hydrogen (secondary N) is 2. The van der Waals surface area contributed by atoms with E-state index in [-0.39, 0.29) is 0 Å². The smallest absolute Gasteiger partial charge is 0.191 e. The van der Waals surface area contributed by atoms with Crippen LogP contribution in [0.3, 0.4) is 0 Å². The monoisotopic (exact) mass is 344 g/mol. The molecule has 0 saturated carbocycles. The summed E-state index contributed by atoms with van der Waals surface area (Å²) in [4.78, 5) is 8.40. The van der Waals surface area contributed by atoms with Gasteiger partial charge in [-0.1, -0.05) is 26.0 Å². The first kappa shape index (κ1) is 18.8. The highest BCUT2D eigenvalue weighted by molar-refractivity contribution is 5.79. The Morgan fingerprint density at radius 3 is 2.60 bits per heavy atom. The zero-order chi connectivity index (χ0) is 18.1. The molecule has 7 nitrogen and oxygen atoms in total. The molecule has 1 aromatic heterocycles. The normalized spacial score (nSPS) is 11.6. The average Bonchev–Trinajstić information content (AvgIpc) is 3.02. The summed E-state index contributed by atoms with van der Waals surface area (Å²) in [6.45, 7) is 6.41. The highest BCUT2D eigenvalue weighted by atomic mass is 16.5. The van der Waals surface area contributed by atoms with Gasteiger partial charge in [-0.3, -0.25) is 9.67 Å². The first-order valence-corrected chi connectivity index (χ1v) is 8.57. The number of benzene rings is 1. The minimum Gasteiger partial charge on any atom is -0.493 e. The molecule has 0 aliphatic carbocycles. The Bertz CT molecular complexity index is 662. The number of hydrogen-bond donors (Lipinski definition) is 2. The minimum absolute atomic E-state index is 0.532. The quantitative estimate of drug-likeness (QED) is 0.564. The van der Waals surface area contributed by atoms with Crippen molar-refractivity contribution in [3.8, 4) is 5.75 Å². The maximum atomic E-state index is 5.70. The second-order valence-corrected chi connectivity index (χ2v) is 6.25. The molecule has 2 aromatic rings. The summed E-state index contributed by atoms with van der Waals surface area (Å²) in [5, 5.41) is 10.6. The third-order valence-electron chi connectivity index (χ3n) is 3.66. The largest absolute Gasteiger partial charge is 0.493 e. The molecule has 0 radical (unpaired) electrons. The molecule has 1 aromatic carbocycles. The molecular weight excluding hydrogens is 316 g/mol. The van der Waals surface area contributed by atoms with Crippen LogP contribution in [0.2, 0.25) is 0 Å². The Labute approximate surface area is 149 Å². The topological polar surface area (TPSA) is 76.4 Å². The molecule has 7 heteroatoms. The molecule has 0 atom stereocenters. The molecule has 0 spiro atoms. The molecule has 2 rings (SSSR count). The van der Waals surface area contributed by atoms with Gasteiger partial charge >= 0.3 is 0 Å². The van der Waals surface area contributed by atoms with E-state index >= 15 is 0 Å². The SMILES string of the molecule is CN=C(NCCc1ccc(OCC(C)C)cc1)NCc1ncnn1C. The van der Waals surface area contributed by atoms with Crippen molar-refractivity contribution in [2.75, 3.05) is 20.2 Å². The van der Waals surface area contributed by atoms with E-state index in [4.69, 9.17) is 4.74 Å². The first-order valence-electron chi connectivity index (χ1n) is 8.57. The molecule has 0 amide bonds. The summed E-state index contributed by atoms with van der Waals surface area (Å²) < 4.78 is 7.44. The van der Waals surface area contributed by atoms with Crippen LogP contribution in [0.4, 0.5) is 0 Å².